The second-order valence-electron chi connectivity index (χ2n) is 5.31. The van der Waals surface area contributed by atoms with Gasteiger partial charge in [-0.25, -0.2) is 22.5 Å². The summed E-state index contributed by atoms with van der Waals surface area (Å²) in [6, 6.07) is 11.2. The minimum absolute atomic E-state index is 0.0599. The number of hydrogen-bond donors (Lipinski definition) is 1. The molecule has 0 atom stereocenters. The van der Waals surface area contributed by atoms with E-state index in [-0.39, 0.29) is 11.4 Å². The number of nitrogens with zero attached hydrogens (tertiary/aromatic N) is 2. The van der Waals surface area contributed by atoms with Crippen LogP contribution < -0.4 is 4.72 Å². The Morgan fingerprint density at radius 3 is 2.65 bits per heavy atom. The van der Waals surface area contributed by atoms with Gasteiger partial charge in [-0.3, -0.25) is 0 Å². The van der Waals surface area contributed by atoms with Crippen molar-refractivity contribution >= 4 is 21.1 Å². The van der Waals surface area contributed by atoms with Gasteiger partial charge in [0.15, 0.2) is 0 Å². The molecule has 0 aliphatic carbocycles. The van der Waals surface area contributed by atoms with E-state index in [1.165, 1.54) is 12.1 Å². The number of fused-ring (bicyclic) bond motifs is 1. The molecule has 1 aromatic heterocycles. The quantitative estimate of drug-likeness (QED) is 0.798. The number of imidazole rings is 1. The zero-order chi connectivity index (χ0) is 16.6. The molecule has 2 aromatic carbocycles. The normalized spacial score (nSPS) is 12.0. The molecule has 0 saturated carbocycles. The first-order valence-electron chi connectivity index (χ1n) is 7.04. The number of para-hydroxylation sites is 2. The lowest BCUT2D eigenvalue weighted by atomic mass is 10.2. The molecular weight excluding hydrogens is 317 g/mol. The van der Waals surface area contributed by atoms with E-state index in [0.29, 0.717) is 11.4 Å². The molecule has 23 heavy (non-hydrogen) atoms. The van der Waals surface area contributed by atoms with Gasteiger partial charge in [-0.2, -0.15) is 0 Å². The molecule has 3 aromatic rings. The third-order valence-corrected chi connectivity index (χ3v) is 5.29. The van der Waals surface area contributed by atoms with E-state index in [1.807, 2.05) is 35.9 Å². The molecule has 1 N–H and O–H groups in total. The molecule has 0 aliphatic rings. The van der Waals surface area contributed by atoms with E-state index >= 15 is 0 Å². The summed E-state index contributed by atoms with van der Waals surface area (Å²) in [5.74, 6) is 0.145. The van der Waals surface area contributed by atoms with Crippen molar-refractivity contribution in [3.8, 4) is 0 Å². The van der Waals surface area contributed by atoms with Gasteiger partial charge in [0.2, 0.25) is 10.0 Å². The van der Waals surface area contributed by atoms with Crippen LogP contribution in [-0.2, 0) is 23.6 Å². The number of rotatable bonds is 4. The van der Waals surface area contributed by atoms with Crippen molar-refractivity contribution in [3.05, 3.63) is 59.7 Å². The Labute approximate surface area is 133 Å². The first-order valence-corrected chi connectivity index (χ1v) is 8.53. The summed E-state index contributed by atoms with van der Waals surface area (Å²) in [5.41, 5.74) is 2.10. The maximum atomic E-state index is 13.1. The summed E-state index contributed by atoms with van der Waals surface area (Å²) in [4.78, 5) is 4.49. The molecule has 0 fully saturated rings. The zero-order valence-electron chi connectivity index (χ0n) is 12.7. The number of hydrogen-bond acceptors (Lipinski definition) is 3. The maximum Gasteiger partial charge on any atom is 0.241 e. The fourth-order valence-corrected chi connectivity index (χ4v) is 3.71. The molecule has 0 saturated heterocycles. The van der Waals surface area contributed by atoms with Crippen LogP contribution in [0.5, 0.6) is 0 Å². The third kappa shape index (κ3) is 2.97. The molecule has 0 unspecified atom stereocenters. The van der Waals surface area contributed by atoms with Crippen molar-refractivity contribution in [2.75, 3.05) is 0 Å². The standard InChI is InChI=1S/C16H16FN3O2S/c1-11-9-12(17)7-8-15(11)23(21,22)18-10-16-19-13-5-3-4-6-14(13)20(16)2/h3-9,18H,10H2,1-2H3. The lowest BCUT2D eigenvalue weighted by Crippen LogP contribution is -2.25. The number of benzene rings is 2. The fourth-order valence-electron chi connectivity index (χ4n) is 2.51. The Morgan fingerprint density at radius 2 is 1.96 bits per heavy atom. The Balaban J connectivity index is 1.87. The molecule has 120 valence electrons. The molecule has 0 aliphatic heterocycles. The first kappa shape index (κ1) is 15.6. The summed E-state index contributed by atoms with van der Waals surface area (Å²) >= 11 is 0. The Morgan fingerprint density at radius 1 is 1.22 bits per heavy atom. The highest BCUT2D eigenvalue weighted by atomic mass is 32.2. The number of halogens is 1. The summed E-state index contributed by atoms with van der Waals surface area (Å²) in [7, 11) is -1.89. The molecule has 0 spiro atoms. The topological polar surface area (TPSA) is 64.0 Å². The Hall–Kier alpha value is -2.25. The van der Waals surface area contributed by atoms with Crippen molar-refractivity contribution in [2.24, 2.45) is 7.05 Å². The molecule has 1 heterocycles. The number of aromatic nitrogens is 2. The fraction of sp³-hybridized carbons (Fsp3) is 0.188. The highest BCUT2D eigenvalue weighted by Crippen LogP contribution is 2.18. The van der Waals surface area contributed by atoms with E-state index in [1.54, 1.807) is 6.92 Å². The van der Waals surface area contributed by atoms with E-state index < -0.39 is 15.8 Å². The van der Waals surface area contributed by atoms with Crippen LogP contribution in [0.1, 0.15) is 11.4 Å². The lowest BCUT2D eigenvalue weighted by molar-refractivity contribution is 0.576. The molecule has 0 bridgehead atoms. The molecular formula is C16H16FN3O2S. The van der Waals surface area contributed by atoms with Crippen molar-refractivity contribution in [2.45, 2.75) is 18.4 Å². The first-order chi connectivity index (χ1) is 10.9. The van der Waals surface area contributed by atoms with Crippen molar-refractivity contribution < 1.29 is 12.8 Å². The van der Waals surface area contributed by atoms with Gasteiger partial charge in [0.1, 0.15) is 11.6 Å². The van der Waals surface area contributed by atoms with Gasteiger partial charge in [-0.1, -0.05) is 12.1 Å². The van der Waals surface area contributed by atoms with Crippen molar-refractivity contribution in [1.29, 1.82) is 0 Å². The monoisotopic (exact) mass is 333 g/mol. The van der Waals surface area contributed by atoms with E-state index in [0.717, 1.165) is 17.1 Å². The van der Waals surface area contributed by atoms with Gasteiger partial charge in [-0.15, -0.1) is 0 Å². The smallest absolute Gasteiger partial charge is 0.241 e. The van der Waals surface area contributed by atoms with Crippen LogP contribution in [0, 0.1) is 12.7 Å². The van der Waals surface area contributed by atoms with Crippen LogP contribution in [0.15, 0.2) is 47.4 Å². The van der Waals surface area contributed by atoms with Crippen LogP contribution in [0.2, 0.25) is 0 Å². The van der Waals surface area contributed by atoms with E-state index in [2.05, 4.69) is 9.71 Å². The SMILES string of the molecule is Cc1cc(F)ccc1S(=O)(=O)NCc1nc2ccccc2n1C. The largest absolute Gasteiger partial charge is 0.330 e. The number of nitrogens with one attached hydrogen (secondary N) is 1. The Kier molecular flexibility index (Phi) is 3.91. The predicted octanol–water partition coefficient (Wildman–Crippen LogP) is 2.50. The zero-order valence-corrected chi connectivity index (χ0v) is 13.6. The summed E-state index contributed by atoms with van der Waals surface area (Å²) in [6.07, 6.45) is 0. The van der Waals surface area contributed by atoms with Gasteiger partial charge in [0.25, 0.3) is 0 Å². The van der Waals surface area contributed by atoms with Gasteiger partial charge in [0.05, 0.1) is 22.5 Å². The Bertz CT molecular complexity index is 980. The number of sulfonamides is 1. The van der Waals surface area contributed by atoms with Crippen LogP contribution in [0.25, 0.3) is 11.0 Å². The molecule has 5 nitrogen and oxygen atoms in total. The van der Waals surface area contributed by atoms with Crippen LogP contribution in [-0.4, -0.2) is 18.0 Å². The second kappa shape index (κ2) is 5.75. The molecule has 7 heteroatoms. The van der Waals surface area contributed by atoms with Crippen LogP contribution in [0.3, 0.4) is 0 Å². The van der Waals surface area contributed by atoms with Crippen LogP contribution >= 0.6 is 0 Å². The average molecular weight is 333 g/mol. The van der Waals surface area contributed by atoms with E-state index in [4.69, 9.17) is 0 Å². The predicted molar refractivity (Wildman–Crippen MR) is 85.9 cm³/mol. The lowest BCUT2D eigenvalue weighted by Gasteiger charge is -2.09. The average Bonchev–Trinajstić information content (AvgIpc) is 2.82. The summed E-state index contributed by atoms with van der Waals surface area (Å²) in [5, 5.41) is 0. The van der Waals surface area contributed by atoms with Crippen LogP contribution in [0.4, 0.5) is 4.39 Å². The van der Waals surface area contributed by atoms with Gasteiger partial charge in [0, 0.05) is 7.05 Å². The maximum absolute atomic E-state index is 13.1. The van der Waals surface area contributed by atoms with Gasteiger partial charge >= 0.3 is 0 Å². The minimum atomic E-state index is -3.73. The van der Waals surface area contributed by atoms with Crippen molar-refractivity contribution in [3.63, 3.8) is 0 Å². The minimum Gasteiger partial charge on any atom is -0.330 e. The molecule has 0 radical (unpaired) electrons. The van der Waals surface area contributed by atoms with Gasteiger partial charge in [-0.05, 0) is 42.8 Å². The second-order valence-corrected chi connectivity index (χ2v) is 7.05. The molecule has 0 amide bonds. The summed E-state index contributed by atoms with van der Waals surface area (Å²) < 4.78 is 42.3. The van der Waals surface area contributed by atoms with E-state index in [9.17, 15) is 12.8 Å². The summed E-state index contributed by atoms with van der Waals surface area (Å²) in [6.45, 7) is 1.62. The third-order valence-electron chi connectivity index (χ3n) is 3.73. The van der Waals surface area contributed by atoms with Crippen molar-refractivity contribution in [1.82, 2.24) is 14.3 Å². The highest BCUT2D eigenvalue weighted by Gasteiger charge is 2.18. The van der Waals surface area contributed by atoms with Gasteiger partial charge < -0.3 is 4.57 Å². The number of aryl methyl sites for hydroxylation is 2. The molecule has 3 rings (SSSR count). The highest BCUT2D eigenvalue weighted by molar-refractivity contribution is 7.89.